The van der Waals surface area contributed by atoms with E-state index in [1.165, 1.54) is 12.8 Å². The third kappa shape index (κ3) is 1.62. The number of aromatic carboxylic acids is 1. The number of hydrogen-bond acceptors (Lipinski definition) is 3. The summed E-state index contributed by atoms with van der Waals surface area (Å²) in [6.07, 6.45) is 3.12. The quantitative estimate of drug-likeness (QED) is 0.776. The monoisotopic (exact) mass is 195 g/mol. The second-order valence-corrected chi connectivity index (χ2v) is 3.67. The molecule has 0 aliphatic heterocycles. The lowest BCUT2D eigenvalue weighted by atomic mass is 10.2. The molecular weight excluding hydrogens is 182 g/mol. The van der Waals surface area contributed by atoms with Gasteiger partial charge in [-0.2, -0.15) is 0 Å². The Morgan fingerprint density at radius 3 is 2.86 bits per heavy atom. The van der Waals surface area contributed by atoms with Gasteiger partial charge in [-0.05, 0) is 25.2 Å². The maximum absolute atomic E-state index is 10.8. The van der Waals surface area contributed by atoms with Crippen LogP contribution < -0.4 is 0 Å². The third-order valence-corrected chi connectivity index (χ3v) is 2.50. The standard InChI is InChI=1S/C9H13N3O2/c1-2-7-8(9(13)14)10-11-12(7)5-6-3-4-6/h6H,2-5H2,1H3,(H,13,14). The first-order chi connectivity index (χ1) is 6.72. The number of hydrogen-bond donors (Lipinski definition) is 1. The molecule has 5 heteroatoms. The minimum Gasteiger partial charge on any atom is -0.476 e. The van der Waals surface area contributed by atoms with Gasteiger partial charge in [0.15, 0.2) is 5.69 Å². The SMILES string of the molecule is CCc1c(C(=O)O)nnn1CC1CC1. The van der Waals surface area contributed by atoms with Gasteiger partial charge in [-0.1, -0.05) is 12.1 Å². The van der Waals surface area contributed by atoms with Crippen molar-refractivity contribution in [3.63, 3.8) is 0 Å². The number of carboxylic acids is 1. The molecule has 14 heavy (non-hydrogen) atoms. The fraction of sp³-hybridized carbons (Fsp3) is 0.667. The number of carbonyl (C=O) groups is 1. The van der Waals surface area contributed by atoms with E-state index in [2.05, 4.69) is 10.3 Å². The van der Waals surface area contributed by atoms with Gasteiger partial charge in [-0.15, -0.1) is 5.10 Å². The molecule has 1 aliphatic rings. The molecule has 1 N–H and O–H groups in total. The Morgan fingerprint density at radius 1 is 1.64 bits per heavy atom. The van der Waals surface area contributed by atoms with Gasteiger partial charge in [0.05, 0.1) is 5.69 Å². The number of nitrogens with zero attached hydrogens (tertiary/aromatic N) is 3. The molecule has 1 aromatic rings. The summed E-state index contributed by atoms with van der Waals surface area (Å²) in [7, 11) is 0. The third-order valence-electron chi connectivity index (χ3n) is 2.50. The van der Waals surface area contributed by atoms with E-state index in [0.717, 1.165) is 12.2 Å². The molecule has 0 amide bonds. The highest BCUT2D eigenvalue weighted by molar-refractivity contribution is 5.86. The largest absolute Gasteiger partial charge is 0.476 e. The lowest BCUT2D eigenvalue weighted by Crippen LogP contribution is -2.08. The van der Waals surface area contributed by atoms with Crippen LogP contribution in [0.3, 0.4) is 0 Å². The zero-order valence-corrected chi connectivity index (χ0v) is 8.10. The van der Waals surface area contributed by atoms with Crippen molar-refractivity contribution in [1.29, 1.82) is 0 Å². The van der Waals surface area contributed by atoms with E-state index in [4.69, 9.17) is 5.11 Å². The molecule has 0 radical (unpaired) electrons. The van der Waals surface area contributed by atoms with Gasteiger partial charge in [-0.3, -0.25) is 0 Å². The minimum absolute atomic E-state index is 0.105. The lowest BCUT2D eigenvalue weighted by molar-refractivity contribution is 0.0689. The van der Waals surface area contributed by atoms with Gasteiger partial charge in [0.2, 0.25) is 0 Å². The Hall–Kier alpha value is -1.39. The normalized spacial score (nSPS) is 15.8. The Balaban J connectivity index is 2.25. The van der Waals surface area contributed by atoms with Gasteiger partial charge in [0.25, 0.3) is 0 Å². The number of rotatable bonds is 4. The first-order valence-electron chi connectivity index (χ1n) is 4.88. The topological polar surface area (TPSA) is 68.0 Å². The summed E-state index contributed by atoms with van der Waals surface area (Å²) in [5.41, 5.74) is 0.845. The van der Waals surface area contributed by atoms with Gasteiger partial charge < -0.3 is 5.11 Å². The molecule has 0 aromatic carbocycles. The van der Waals surface area contributed by atoms with Crippen LogP contribution in [-0.2, 0) is 13.0 Å². The van der Waals surface area contributed by atoms with Gasteiger partial charge in [0, 0.05) is 6.54 Å². The summed E-state index contributed by atoms with van der Waals surface area (Å²) in [6, 6.07) is 0. The highest BCUT2D eigenvalue weighted by Crippen LogP contribution is 2.30. The van der Waals surface area contributed by atoms with E-state index in [0.29, 0.717) is 12.3 Å². The number of carboxylic acid groups (broad SMARTS) is 1. The van der Waals surface area contributed by atoms with E-state index in [-0.39, 0.29) is 5.69 Å². The van der Waals surface area contributed by atoms with Crippen LogP contribution in [-0.4, -0.2) is 26.1 Å². The van der Waals surface area contributed by atoms with Crippen LogP contribution in [0.1, 0.15) is 35.9 Å². The molecule has 0 saturated heterocycles. The van der Waals surface area contributed by atoms with Crippen molar-refractivity contribution >= 4 is 5.97 Å². The molecule has 2 rings (SSSR count). The van der Waals surface area contributed by atoms with Crippen molar-refractivity contribution in [2.45, 2.75) is 32.7 Å². The molecule has 1 heterocycles. The summed E-state index contributed by atoms with van der Waals surface area (Å²) in [5, 5.41) is 16.4. The minimum atomic E-state index is -0.983. The lowest BCUT2D eigenvalue weighted by Gasteiger charge is -2.02. The predicted molar refractivity (Wildman–Crippen MR) is 49.1 cm³/mol. The predicted octanol–water partition coefficient (Wildman–Crippen LogP) is 0.949. The molecule has 1 aliphatic carbocycles. The van der Waals surface area contributed by atoms with Crippen molar-refractivity contribution in [3.8, 4) is 0 Å². The highest BCUT2D eigenvalue weighted by Gasteiger charge is 2.25. The summed E-state index contributed by atoms with van der Waals surface area (Å²) >= 11 is 0. The van der Waals surface area contributed by atoms with Crippen molar-refractivity contribution < 1.29 is 9.90 Å². The van der Waals surface area contributed by atoms with Crippen LogP contribution in [0.25, 0.3) is 0 Å². The van der Waals surface area contributed by atoms with E-state index >= 15 is 0 Å². The van der Waals surface area contributed by atoms with E-state index in [1.807, 2.05) is 6.92 Å². The van der Waals surface area contributed by atoms with Crippen LogP contribution in [0, 0.1) is 5.92 Å². The second kappa shape index (κ2) is 3.40. The Bertz CT molecular complexity index is 355. The smallest absolute Gasteiger partial charge is 0.358 e. The molecule has 1 saturated carbocycles. The van der Waals surface area contributed by atoms with Crippen molar-refractivity contribution in [2.24, 2.45) is 5.92 Å². The summed E-state index contributed by atoms with van der Waals surface area (Å²) in [4.78, 5) is 10.8. The average molecular weight is 195 g/mol. The molecule has 0 unspecified atom stereocenters. The van der Waals surface area contributed by atoms with Crippen LogP contribution in [0.4, 0.5) is 0 Å². The molecule has 0 spiro atoms. The van der Waals surface area contributed by atoms with Crippen molar-refractivity contribution in [2.75, 3.05) is 0 Å². The van der Waals surface area contributed by atoms with Crippen LogP contribution in [0.2, 0.25) is 0 Å². The summed E-state index contributed by atoms with van der Waals surface area (Å²) in [5.74, 6) is -0.299. The molecule has 1 aromatic heterocycles. The Kier molecular flexibility index (Phi) is 2.23. The molecular formula is C9H13N3O2. The van der Waals surface area contributed by atoms with E-state index in [9.17, 15) is 4.79 Å². The van der Waals surface area contributed by atoms with Gasteiger partial charge >= 0.3 is 5.97 Å². The zero-order valence-electron chi connectivity index (χ0n) is 8.10. The molecule has 5 nitrogen and oxygen atoms in total. The fourth-order valence-electron chi connectivity index (χ4n) is 1.54. The van der Waals surface area contributed by atoms with Gasteiger partial charge in [-0.25, -0.2) is 9.48 Å². The zero-order chi connectivity index (χ0) is 10.1. The second-order valence-electron chi connectivity index (χ2n) is 3.67. The first kappa shape index (κ1) is 9.18. The molecule has 0 bridgehead atoms. The van der Waals surface area contributed by atoms with Crippen molar-refractivity contribution in [1.82, 2.24) is 15.0 Å². The van der Waals surface area contributed by atoms with Gasteiger partial charge in [0.1, 0.15) is 0 Å². The molecule has 0 atom stereocenters. The average Bonchev–Trinajstić information content (AvgIpc) is 2.83. The van der Waals surface area contributed by atoms with E-state index in [1.54, 1.807) is 4.68 Å². The summed E-state index contributed by atoms with van der Waals surface area (Å²) in [6.45, 7) is 2.75. The number of aromatic nitrogens is 3. The van der Waals surface area contributed by atoms with E-state index < -0.39 is 5.97 Å². The maximum atomic E-state index is 10.8. The van der Waals surface area contributed by atoms with Crippen molar-refractivity contribution in [3.05, 3.63) is 11.4 Å². The molecule has 76 valence electrons. The molecule has 1 fully saturated rings. The Morgan fingerprint density at radius 2 is 2.36 bits per heavy atom. The van der Waals surface area contributed by atoms with Crippen LogP contribution >= 0.6 is 0 Å². The van der Waals surface area contributed by atoms with Crippen LogP contribution in [0.5, 0.6) is 0 Å². The fourth-order valence-corrected chi connectivity index (χ4v) is 1.54. The summed E-state index contributed by atoms with van der Waals surface area (Å²) < 4.78 is 1.74. The highest BCUT2D eigenvalue weighted by atomic mass is 16.4. The van der Waals surface area contributed by atoms with Crippen LogP contribution in [0.15, 0.2) is 0 Å². The maximum Gasteiger partial charge on any atom is 0.358 e. The Labute approximate surface area is 81.7 Å². The first-order valence-corrected chi connectivity index (χ1v) is 4.88.